The number of hydrogen-bond donors (Lipinski definition) is 2. The number of phenols is 2. The summed E-state index contributed by atoms with van der Waals surface area (Å²) in [7, 11) is 3.25. The third-order valence-electron chi connectivity index (χ3n) is 12.8. The maximum Gasteiger partial charge on any atom is 0.309 e. The highest BCUT2D eigenvalue weighted by atomic mass is 16.6. The second-order valence-electron chi connectivity index (χ2n) is 18.2. The fraction of sp³-hybridized carbons (Fsp3) is 0.306. The van der Waals surface area contributed by atoms with Crippen molar-refractivity contribution < 1.29 is 38.7 Å². The first-order chi connectivity index (χ1) is 37.1. The molecule has 76 heavy (non-hydrogen) atoms. The van der Waals surface area contributed by atoms with Gasteiger partial charge in [-0.25, -0.2) is 29.9 Å². The summed E-state index contributed by atoms with van der Waals surface area (Å²) in [6.45, 7) is 9.47. The monoisotopic (exact) mass is 1020 g/mol. The number of rotatable bonds is 24. The Hall–Kier alpha value is -8.39. The van der Waals surface area contributed by atoms with E-state index in [0.717, 1.165) is 72.3 Å². The summed E-state index contributed by atoms with van der Waals surface area (Å²) in [6.07, 6.45) is 8.25. The molecule has 2 aromatic heterocycles. The molecule has 0 saturated heterocycles. The van der Waals surface area contributed by atoms with Crippen LogP contribution < -0.4 is 18.9 Å². The van der Waals surface area contributed by atoms with Crippen LogP contribution in [0.3, 0.4) is 0 Å². The molecule has 6 aromatic carbocycles. The smallest absolute Gasteiger partial charge is 0.309 e. The molecule has 0 aliphatic carbocycles. The highest BCUT2D eigenvalue weighted by molar-refractivity contribution is 5.73. The number of unbranched alkanes of at least 4 members (excludes halogenated alkanes) is 2. The number of benzene rings is 6. The van der Waals surface area contributed by atoms with Crippen LogP contribution in [0.1, 0.15) is 79.1 Å². The standard InChI is InChI=1S/C31H35N3O4.C31H33N3O4/c1-5-7-8-21(6-2)20-38-26-17-18-27(28(35)19-26)31-33-29(22-9-13-24(36-3)14-10-22)32-30(34-31)23-11-15-25(37-4)16-12-23;1-3-5-12-22(4-2)31(36)38-20-19-37-25-17-18-26(27(35)21-25)30-33-28(23-13-8-6-9-14-23)32-29(34-30)24-15-10-7-11-16-24/h9-19,21,35H,5-8,20H2,1-4H3;6-11,13-18,21-22,35H,3-5,12,19-20H2,1-2H3. The highest BCUT2D eigenvalue weighted by Crippen LogP contribution is 2.35. The highest BCUT2D eigenvalue weighted by Gasteiger charge is 2.20. The zero-order valence-electron chi connectivity index (χ0n) is 44.3. The van der Waals surface area contributed by atoms with Gasteiger partial charge in [0.05, 0.1) is 37.9 Å². The van der Waals surface area contributed by atoms with Crippen molar-refractivity contribution in [3.8, 4) is 103 Å². The average molecular weight is 1030 g/mol. The van der Waals surface area contributed by atoms with Gasteiger partial charge in [0.2, 0.25) is 0 Å². The van der Waals surface area contributed by atoms with Gasteiger partial charge in [-0.05, 0) is 98.0 Å². The minimum absolute atomic E-state index is 0.0191. The van der Waals surface area contributed by atoms with E-state index in [-0.39, 0.29) is 36.6 Å². The van der Waals surface area contributed by atoms with Gasteiger partial charge in [-0.3, -0.25) is 4.79 Å². The van der Waals surface area contributed by atoms with E-state index in [4.69, 9.17) is 38.6 Å². The molecular formula is C62H68N6O8. The van der Waals surface area contributed by atoms with Crippen molar-refractivity contribution in [3.63, 3.8) is 0 Å². The van der Waals surface area contributed by atoms with Gasteiger partial charge in [0.25, 0.3) is 0 Å². The van der Waals surface area contributed by atoms with Crippen LogP contribution in [0.15, 0.2) is 146 Å². The molecule has 0 radical (unpaired) electrons. The third kappa shape index (κ3) is 15.3. The van der Waals surface area contributed by atoms with Crippen LogP contribution in [0.5, 0.6) is 34.5 Å². The maximum absolute atomic E-state index is 12.3. The normalized spacial score (nSPS) is 11.7. The Morgan fingerprint density at radius 2 is 0.868 bits per heavy atom. The van der Waals surface area contributed by atoms with E-state index < -0.39 is 0 Å². The largest absolute Gasteiger partial charge is 0.507 e. The number of ether oxygens (including phenoxy) is 5. The molecule has 8 aromatic rings. The zero-order valence-corrected chi connectivity index (χ0v) is 44.3. The molecule has 2 atom stereocenters. The van der Waals surface area contributed by atoms with Crippen molar-refractivity contribution >= 4 is 5.97 Å². The number of carbonyl (C=O) groups is 1. The lowest BCUT2D eigenvalue weighted by Crippen LogP contribution is -2.20. The molecule has 0 spiro atoms. The quantitative estimate of drug-likeness (QED) is 0.0431. The molecule has 8 rings (SSSR count). The lowest BCUT2D eigenvalue weighted by Gasteiger charge is -2.16. The number of aromatic hydroxyl groups is 2. The van der Waals surface area contributed by atoms with Crippen molar-refractivity contribution in [1.29, 1.82) is 0 Å². The molecule has 0 amide bonds. The molecule has 0 fully saturated rings. The maximum atomic E-state index is 12.3. The van der Waals surface area contributed by atoms with Gasteiger partial charge in [-0.15, -0.1) is 0 Å². The Labute approximate surface area is 446 Å². The van der Waals surface area contributed by atoms with E-state index in [2.05, 4.69) is 35.7 Å². The van der Waals surface area contributed by atoms with Crippen molar-refractivity contribution in [2.24, 2.45) is 11.8 Å². The molecule has 14 nitrogen and oxygen atoms in total. The number of carbonyl (C=O) groups excluding carboxylic acids is 1. The number of methoxy groups -OCH3 is 2. The SMILES string of the molecule is CCCCC(CC)C(=O)OCCOc1ccc(-c2nc(-c3ccccc3)nc(-c3ccccc3)n2)c(O)c1.CCCCC(CC)COc1ccc(-c2nc(-c3ccc(OC)cc3)nc(-c3ccc(OC)cc3)n2)c(O)c1. The Kier molecular flexibility index (Phi) is 20.6. The molecule has 2 N–H and O–H groups in total. The minimum atomic E-state index is -0.180. The lowest BCUT2D eigenvalue weighted by molar-refractivity contribution is -0.149. The van der Waals surface area contributed by atoms with Crippen LogP contribution in [0.25, 0.3) is 68.3 Å². The van der Waals surface area contributed by atoms with Crippen LogP contribution in [-0.2, 0) is 9.53 Å². The van der Waals surface area contributed by atoms with Gasteiger partial charge >= 0.3 is 5.97 Å². The third-order valence-corrected chi connectivity index (χ3v) is 12.8. The summed E-state index contributed by atoms with van der Waals surface area (Å²) in [4.78, 5) is 40.4. The van der Waals surface area contributed by atoms with Gasteiger partial charge in [-0.1, -0.05) is 120 Å². The summed E-state index contributed by atoms with van der Waals surface area (Å²) >= 11 is 0. The molecule has 0 saturated carbocycles. The number of phenolic OH excluding ortho intramolecular Hbond substituents is 2. The molecule has 394 valence electrons. The van der Waals surface area contributed by atoms with Gasteiger partial charge in [-0.2, -0.15) is 0 Å². The second kappa shape index (κ2) is 28.3. The first-order valence-corrected chi connectivity index (χ1v) is 26.1. The average Bonchev–Trinajstić information content (AvgIpc) is 3.47. The van der Waals surface area contributed by atoms with Gasteiger partial charge in [0.15, 0.2) is 34.9 Å². The molecule has 2 heterocycles. The summed E-state index contributed by atoms with van der Waals surface area (Å²) in [5, 5.41) is 21.8. The summed E-state index contributed by atoms with van der Waals surface area (Å²) in [5.41, 5.74) is 4.27. The van der Waals surface area contributed by atoms with Gasteiger partial charge in [0, 0.05) is 34.4 Å². The summed E-state index contributed by atoms with van der Waals surface area (Å²) in [5.74, 6) is 5.59. The van der Waals surface area contributed by atoms with Gasteiger partial charge < -0.3 is 33.9 Å². The predicted octanol–water partition coefficient (Wildman–Crippen LogP) is 13.9. The van der Waals surface area contributed by atoms with E-state index in [1.807, 2.05) is 122 Å². The predicted molar refractivity (Wildman–Crippen MR) is 297 cm³/mol. The Morgan fingerprint density at radius 3 is 1.28 bits per heavy atom. The molecule has 0 aliphatic rings. The van der Waals surface area contributed by atoms with Gasteiger partial charge in [0.1, 0.15) is 47.7 Å². The van der Waals surface area contributed by atoms with E-state index in [0.29, 0.717) is 70.1 Å². The van der Waals surface area contributed by atoms with Crippen molar-refractivity contribution in [1.82, 2.24) is 29.9 Å². The van der Waals surface area contributed by atoms with Crippen LogP contribution in [0, 0.1) is 11.8 Å². The van der Waals surface area contributed by atoms with Crippen molar-refractivity contribution in [2.45, 2.75) is 79.1 Å². The van der Waals surface area contributed by atoms with Crippen molar-refractivity contribution in [2.75, 3.05) is 34.0 Å². The summed E-state index contributed by atoms with van der Waals surface area (Å²) < 4.78 is 27.7. The lowest BCUT2D eigenvalue weighted by atomic mass is 10.00. The molecule has 0 aliphatic heterocycles. The minimum Gasteiger partial charge on any atom is -0.507 e. The first-order valence-electron chi connectivity index (χ1n) is 26.1. The Balaban J connectivity index is 0.000000221. The van der Waals surface area contributed by atoms with Crippen molar-refractivity contribution in [3.05, 3.63) is 146 Å². The van der Waals surface area contributed by atoms with Crippen LogP contribution in [0.2, 0.25) is 0 Å². The zero-order chi connectivity index (χ0) is 53.7. The first kappa shape index (κ1) is 55.4. The molecule has 14 heteroatoms. The number of hydrogen-bond acceptors (Lipinski definition) is 14. The van der Waals surface area contributed by atoms with E-state index in [1.54, 1.807) is 38.5 Å². The van der Waals surface area contributed by atoms with Crippen LogP contribution in [0.4, 0.5) is 0 Å². The topological polar surface area (TPSA) is 181 Å². The van der Waals surface area contributed by atoms with Crippen LogP contribution >= 0.6 is 0 Å². The summed E-state index contributed by atoms with van der Waals surface area (Å²) in [6, 6.07) is 44.6. The number of esters is 1. The Morgan fingerprint density at radius 1 is 0.461 bits per heavy atom. The fourth-order valence-electron chi connectivity index (χ4n) is 8.22. The van der Waals surface area contributed by atoms with E-state index in [1.165, 1.54) is 18.9 Å². The second-order valence-corrected chi connectivity index (χ2v) is 18.2. The van der Waals surface area contributed by atoms with Crippen LogP contribution in [-0.4, -0.2) is 80.1 Å². The molecular weight excluding hydrogens is 957 g/mol. The molecule has 2 unspecified atom stereocenters. The molecule has 0 bridgehead atoms. The number of aromatic nitrogens is 6. The fourth-order valence-corrected chi connectivity index (χ4v) is 8.22. The van der Waals surface area contributed by atoms with E-state index >= 15 is 0 Å². The van der Waals surface area contributed by atoms with E-state index in [9.17, 15) is 15.0 Å². The Bertz CT molecular complexity index is 2950. The number of nitrogens with zero attached hydrogens (tertiary/aromatic N) is 6.